The molecule has 1 aromatic heterocycles. The highest BCUT2D eigenvalue weighted by molar-refractivity contribution is 7.89. The maximum Gasteiger partial charge on any atom is 0.255 e. The minimum atomic E-state index is -3.72. The summed E-state index contributed by atoms with van der Waals surface area (Å²) in [6.45, 7) is 0.0380. The van der Waals surface area contributed by atoms with Crippen molar-refractivity contribution in [2.24, 2.45) is 0 Å². The molecule has 0 radical (unpaired) electrons. The van der Waals surface area contributed by atoms with Crippen molar-refractivity contribution < 1.29 is 17.6 Å². The van der Waals surface area contributed by atoms with Crippen LogP contribution >= 0.6 is 0 Å². The van der Waals surface area contributed by atoms with Crippen LogP contribution in [0.2, 0.25) is 0 Å². The van der Waals surface area contributed by atoms with Crippen molar-refractivity contribution in [1.82, 2.24) is 4.72 Å². The predicted octanol–water partition coefficient (Wildman–Crippen LogP) is 2.88. The second-order valence-corrected chi connectivity index (χ2v) is 7.34. The average molecular weight is 381 g/mol. The molecule has 0 saturated carbocycles. The molecular formula is C19H15N3O4S. The fraction of sp³-hybridized carbons (Fsp3) is 0.0526. The molecule has 0 bridgehead atoms. The quantitative estimate of drug-likeness (QED) is 0.682. The predicted molar refractivity (Wildman–Crippen MR) is 98.3 cm³/mol. The van der Waals surface area contributed by atoms with E-state index in [0.29, 0.717) is 22.6 Å². The SMILES string of the molecule is N#Cc1ccc(NC(=O)c2ccc(S(=O)(=O)NCc3ccco3)cc2)cc1. The van der Waals surface area contributed by atoms with Crippen LogP contribution in [0.25, 0.3) is 0 Å². The van der Waals surface area contributed by atoms with E-state index in [2.05, 4.69) is 10.0 Å². The summed E-state index contributed by atoms with van der Waals surface area (Å²) in [7, 11) is -3.72. The zero-order chi connectivity index (χ0) is 19.3. The number of rotatable bonds is 6. The Balaban J connectivity index is 1.66. The summed E-state index contributed by atoms with van der Waals surface area (Å²) in [5.41, 5.74) is 1.34. The Labute approximate surface area is 156 Å². The number of sulfonamides is 1. The summed E-state index contributed by atoms with van der Waals surface area (Å²) in [5.74, 6) is 0.115. The fourth-order valence-corrected chi connectivity index (χ4v) is 3.27. The molecule has 3 rings (SSSR count). The second kappa shape index (κ2) is 7.86. The van der Waals surface area contributed by atoms with E-state index in [1.807, 2.05) is 6.07 Å². The number of hydrogen-bond acceptors (Lipinski definition) is 5. The van der Waals surface area contributed by atoms with Gasteiger partial charge in [-0.25, -0.2) is 13.1 Å². The number of carbonyl (C=O) groups is 1. The number of anilines is 1. The van der Waals surface area contributed by atoms with Gasteiger partial charge in [-0.15, -0.1) is 0 Å². The Kier molecular flexibility index (Phi) is 5.35. The van der Waals surface area contributed by atoms with Gasteiger partial charge in [0.05, 0.1) is 29.3 Å². The van der Waals surface area contributed by atoms with Crippen molar-refractivity contribution in [3.63, 3.8) is 0 Å². The number of benzene rings is 2. The van der Waals surface area contributed by atoms with E-state index in [4.69, 9.17) is 9.68 Å². The van der Waals surface area contributed by atoms with Gasteiger partial charge in [0.25, 0.3) is 5.91 Å². The molecule has 7 nitrogen and oxygen atoms in total. The first-order valence-electron chi connectivity index (χ1n) is 7.91. The standard InChI is InChI=1S/C19H15N3O4S/c20-12-14-3-7-16(8-4-14)22-19(23)15-5-9-18(10-6-15)27(24,25)21-13-17-2-1-11-26-17/h1-11,21H,13H2,(H,22,23). The second-order valence-electron chi connectivity index (χ2n) is 5.57. The zero-order valence-electron chi connectivity index (χ0n) is 14.0. The van der Waals surface area contributed by atoms with Gasteiger partial charge >= 0.3 is 0 Å². The van der Waals surface area contributed by atoms with Crippen molar-refractivity contribution in [3.05, 3.63) is 83.8 Å². The van der Waals surface area contributed by atoms with Crippen LogP contribution in [0.1, 0.15) is 21.7 Å². The summed E-state index contributed by atoms with van der Waals surface area (Å²) in [6.07, 6.45) is 1.46. The molecule has 0 aliphatic heterocycles. The third-order valence-electron chi connectivity index (χ3n) is 3.72. The summed E-state index contributed by atoms with van der Waals surface area (Å²) in [5, 5.41) is 11.5. The lowest BCUT2D eigenvalue weighted by atomic mass is 10.2. The Hall–Kier alpha value is -3.41. The van der Waals surface area contributed by atoms with Gasteiger partial charge in [0, 0.05) is 11.3 Å². The number of nitriles is 1. The molecular weight excluding hydrogens is 366 g/mol. The maximum absolute atomic E-state index is 12.3. The van der Waals surface area contributed by atoms with Gasteiger partial charge in [-0.3, -0.25) is 4.79 Å². The minimum Gasteiger partial charge on any atom is -0.468 e. The number of furan rings is 1. The lowest BCUT2D eigenvalue weighted by Gasteiger charge is -2.08. The number of amides is 1. The van der Waals surface area contributed by atoms with Crippen molar-refractivity contribution in [2.45, 2.75) is 11.4 Å². The van der Waals surface area contributed by atoms with Gasteiger partial charge in [-0.05, 0) is 60.7 Å². The third kappa shape index (κ3) is 4.61. The number of carbonyl (C=O) groups excluding carboxylic acids is 1. The van der Waals surface area contributed by atoms with E-state index in [-0.39, 0.29) is 17.3 Å². The Morgan fingerprint density at radius 3 is 2.33 bits per heavy atom. The van der Waals surface area contributed by atoms with E-state index < -0.39 is 10.0 Å². The molecule has 0 spiro atoms. The molecule has 0 aliphatic rings. The first-order chi connectivity index (χ1) is 13.0. The van der Waals surface area contributed by atoms with E-state index >= 15 is 0 Å². The fourth-order valence-electron chi connectivity index (χ4n) is 2.28. The smallest absolute Gasteiger partial charge is 0.255 e. The molecule has 0 aliphatic carbocycles. The molecule has 2 N–H and O–H groups in total. The molecule has 136 valence electrons. The van der Waals surface area contributed by atoms with Crippen molar-refractivity contribution in [2.75, 3.05) is 5.32 Å². The highest BCUT2D eigenvalue weighted by Crippen LogP contribution is 2.14. The largest absolute Gasteiger partial charge is 0.468 e. The molecule has 0 atom stereocenters. The van der Waals surface area contributed by atoms with Crippen LogP contribution in [0.15, 0.2) is 76.2 Å². The molecule has 1 heterocycles. The van der Waals surface area contributed by atoms with E-state index in [0.717, 1.165) is 0 Å². The average Bonchev–Trinajstić information content (AvgIpc) is 3.21. The Bertz CT molecular complexity index is 1070. The normalized spacial score (nSPS) is 10.9. The Morgan fingerprint density at radius 1 is 1.04 bits per heavy atom. The number of hydrogen-bond donors (Lipinski definition) is 2. The van der Waals surface area contributed by atoms with Crippen LogP contribution in [0.3, 0.4) is 0 Å². The number of nitrogens with one attached hydrogen (secondary N) is 2. The summed E-state index contributed by atoms with van der Waals surface area (Å²) < 4.78 is 32.1. The maximum atomic E-state index is 12.3. The monoisotopic (exact) mass is 381 g/mol. The highest BCUT2D eigenvalue weighted by Gasteiger charge is 2.15. The lowest BCUT2D eigenvalue weighted by Crippen LogP contribution is -2.23. The molecule has 0 unspecified atom stereocenters. The highest BCUT2D eigenvalue weighted by atomic mass is 32.2. The van der Waals surface area contributed by atoms with Crippen LogP contribution in [0.5, 0.6) is 0 Å². The summed E-state index contributed by atoms with van der Waals surface area (Å²) in [6, 6.07) is 17.3. The third-order valence-corrected chi connectivity index (χ3v) is 5.13. The van der Waals surface area contributed by atoms with Crippen molar-refractivity contribution in [1.29, 1.82) is 5.26 Å². The zero-order valence-corrected chi connectivity index (χ0v) is 14.9. The molecule has 0 fully saturated rings. The van der Waals surface area contributed by atoms with Gasteiger partial charge < -0.3 is 9.73 Å². The van der Waals surface area contributed by atoms with Crippen LogP contribution < -0.4 is 10.0 Å². The molecule has 27 heavy (non-hydrogen) atoms. The summed E-state index contributed by atoms with van der Waals surface area (Å²) in [4.78, 5) is 12.3. The van der Waals surface area contributed by atoms with Crippen LogP contribution in [-0.2, 0) is 16.6 Å². The van der Waals surface area contributed by atoms with E-state index in [1.165, 1.54) is 30.5 Å². The molecule has 2 aromatic carbocycles. The van der Waals surface area contributed by atoms with Gasteiger partial charge in [-0.2, -0.15) is 5.26 Å². The van der Waals surface area contributed by atoms with Crippen LogP contribution in [0, 0.1) is 11.3 Å². The van der Waals surface area contributed by atoms with Gasteiger partial charge in [0.15, 0.2) is 0 Å². The van der Waals surface area contributed by atoms with Gasteiger partial charge in [0.2, 0.25) is 10.0 Å². The first kappa shape index (κ1) is 18.4. The Morgan fingerprint density at radius 2 is 1.74 bits per heavy atom. The molecule has 8 heteroatoms. The van der Waals surface area contributed by atoms with Crippen LogP contribution in [0.4, 0.5) is 5.69 Å². The number of nitrogens with zero attached hydrogens (tertiary/aromatic N) is 1. The molecule has 3 aromatic rings. The van der Waals surface area contributed by atoms with E-state index in [1.54, 1.807) is 36.4 Å². The molecule has 1 amide bonds. The lowest BCUT2D eigenvalue weighted by molar-refractivity contribution is 0.102. The van der Waals surface area contributed by atoms with Crippen molar-refractivity contribution in [3.8, 4) is 6.07 Å². The van der Waals surface area contributed by atoms with E-state index in [9.17, 15) is 13.2 Å². The topological polar surface area (TPSA) is 112 Å². The summed E-state index contributed by atoms with van der Waals surface area (Å²) >= 11 is 0. The molecule has 0 saturated heterocycles. The van der Waals surface area contributed by atoms with Gasteiger partial charge in [0.1, 0.15) is 5.76 Å². The minimum absolute atomic E-state index is 0.0380. The van der Waals surface area contributed by atoms with Crippen molar-refractivity contribution >= 4 is 21.6 Å². The van der Waals surface area contributed by atoms with Gasteiger partial charge in [-0.1, -0.05) is 0 Å². The first-order valence-corrected chi connectivity index (χ1v) is 9.40. The van der Waals surface area contributed by atoms with Crippen LogP contribution in [-0.4, -0.2) is 14.3 Å².